The zero-order valence-corrected chi connectivity index (χ0v) is 30.3. The molecule has 290 valence electrons. The topological polar surface area (TPSA) is 309 Å². The smallest absolute Gasteiger partial charge is 0.326 e. The monoisotopic (exact) mass is 735 g/mol. The Balaban J connectivity index is 3.18. The molecule has 6 amide bonds. The number of carbonyl (C=O) groups excluding carboxylic acids is 6. The summed E-state index contributed by atoms with van der Waals surface area (Å²) >= 11 is 0. The van der Waals surface area contributed by atoms with Crippen molar-refractivity contribution < 1.29 is 53.7 Å². The van der Waals surface area contributed by atoms with E-state index >= 15 is 0 Å². The number of benzene rings is 1. The van der Waals surface area contributed by atoms with Crippen LogP contribution in [0.15, 0.2) is 24.3 Å². The van der Waals surface area contributed by atoms with Crippen molar-refractivity contribution in [1.82, 2.24) is 26.6 Å². The summed E-state index contributed by atoms with van der Waals surface area (Å²) in [7, 11) is 0. The lowest BCUT2D eigenvalue weighted by molar-refractivity contribution is -0.144. The first-order valence-corrected chi connectivity index (χ1v) is 16.9. The number of phenols is 1. The Labute approximate surface area is 302 Å². The molecular formula is C34H53N7O11. The van der Waals surface area contributed by atoms with Crippen molar-refractivity contribution in [3.8, 4) is 5.75 Å². The maximum absolute atomic E-state index is 13.5. The van der Waals surface area contributed by atoms with Gasteiger partial charge in [-0.25, -0.2) is 4.79 Å². The van der Waals surface area contributed by atoms with Crippen LogP contribution in [-0.2, 0) is 44.8 Å². The van der Waals surface area contributed by atoms with Crippen LogP contribution in [0.25, 0.3) is 0 Å². The number of hydrogen-bond donors (Lipinski definition) is 10. The van der Waals surface area contributed by atoms with E-state index in [2.05, 4.69) is 26.6 Å². The van der Waals surface area contributed by atoms with E-state index in [4.69, 9.17) is 11.5 Å². The minimum atomic E-state index is -1.80. The Morgan fingerprint density at radius 2 is 1.06 bits per heavy atom. The van der Waals surface area contributed by atoms with Gasteiger partial charge < -0.3 is 53.4 Å². The molecule has 0 aliphatic heterocycles. The highest BCUT2D eigenvalue weighted by atomic mass is 16.4. The largest absolute Gasteiger partial charge is 0.508 e. The molecule has 18 nitrogen and oxygen atoms in total. The molecule has 12 N–H and O–H groups in total. The number of aliphatic carboxylic acids is 2. The first-order chi connectivity index (χ1) is 24.1. The number of nitrogens with two attached hydrogens (primary N) is 2. The highest BCUT2D eigenvalue weighted by Gasteiger charge is 2.35. The molecule has 0 spiro atoms. The van der Waals surface area contributed by atoms with Gasteiger partial charge in [0.25, 0.3) is 0 Å². The van der Waals surface area contributed by atoms with Crippen LogP contribution in [0.5, 0.6) is 5.75 Å². The molecule has 0 unspecified atom stereocenters. The van der Waals surface area contributed by atoms with Crippen molar-refractivity contribution in [2.24, 2.45) is 29.2 Å². The van der Waals surface area contributed by atoms with E-state index in [1.165, 1.54) is 12.1 Å². The lowest BCUT2D eigenvalue weighted by Gasteiger charge is -2.28. The number of aromatic hydroxyl groups is 1. The standard InChI is InChI=1S/C34H53N7O11/c1-16(2)11-22(37-29(46)21(35)13-19-7-9-20(42)10-8-19)32(49)41-28(18(5)6)33(50)39-23(14-26(36)43)30(47)38-24(15-27(44)45)31(48)40-25(34(51)52)12-17(3)4/h7-10,16-18,21-25,28,42H,11-15,35H2,1-6H3,(H2,36,43)(H,37,46)(H,38,47)(H,39,50)(H,40,48)(H,41,49)(H,44,45)(H,51,52)/t21-,22-,23-,24-,25-,28-/m0/s1. The normalized spacial score (nSPS) is 14.7. The van der Waals surface area contributed by atoms with E-state index in [-0.39, 0.29) is 36.8 Å². The number of nitrogens with one attached hydrogen (secondary N) is 5. The number of carboxylic acid groups (broad SMARTS) is 2. The number of primary amides is 1. The molecular weight excluding hydrogens is 682 g/mol. The maximum Gasteiger partial charge on any atom is 0.326 e. The Hall–Kier alpha value is -5.26. The van der Waals surface area contributed by atoms with Crippen LogP contribution in [0.2, 0.25) is 0 Å². The summed E-state index contributed by atoms with van der Waals surface area (Å²) in [4.78, 5) is 101. The van der Waals surface area contributed by atoms with Crippen LogP contribution < -0.4 is 38.1 Å². The fraction of sp³-hybridized carbons (Fsp3) is 0.588. The quantitative estimate of drug-likeness (QED) is 0.0677. The second-order valence-electron chi connectivity index (χ2n) is 13.8. The molecule has 52 heavy (non-hydrogen) atoms. The molecule has 0 aliphatic rings. The van der Waals surface area contributed by atoms with Crippen molar-refractivity contribution in [3.05, 3.63) is 29.8 Å². The van der Waals surface area contributed by atoms with Gasteiger partial charge in [0, 0.05) is 0 Å². The lowest BCUT2D eigenvalue weighted by atomic mass is 9.98. The summed E-state index contributed by atoms with van der Waals surface area (Å²) in [6.45, 7) is 10.2. The van der Waals surface area contributed by atoms with Gasteiger partial charge in [0.15, 0.2) is 0 Å². The van der Waals surface area contributed by atoms with E-state index in [0.29, 0.717) is 5.56 Å². The van der Waals surface area contributed by atoms with E-state index < -0.39 is 102 Å². The predicted molar refractivity (Wildman–Crippen MR) is 187 cm³/mol. The summed E-state index contributed by atoms with van der Waals surface area (Å²) in [5, 5.41) is 40.2. The Kier molecular flexibility index (Phi) is 18.2. The van der Waals surface area contributed by atoms with Crippen molar-refractivity contribution in [2.45, 2.75) is 110 Å². The second kappa shape index (κ2) is 21.2. The van der Waals surface area contributed by atoms with Gasteiger partial charge in [0.2, 0.25) is 35.4 Å². The highest BCUT2D eigenvalue weighted by molar-refractivity contribution is 5.98. The van der Waals surface area contributed by atoms with Crippen LogP contribution in [0.3, 0.4) is 0 Å². The van der Waals surface area contributed by atoms with Crippen molar-refractivity contribution in [1.29, 1.82) is 0 Å². The second-order valence-corrected chi connectivity index (χ2v) is 13.8. The van der Waals surface area contributed by atoms with Gasteiger partial charge in [0.05, 0.1) is 18.9 Å². The number of carbonyl (C=O) groups is 8. The van der Waals surface area contributed by atoms with Crippen molar-refractivity contribution in [3.63, 3.8) is 0 Å². The zero-order valence-electron chi connectivity index (χ0n) is 30.3. The van der Waals surface area contributed by atoms with E-state index in [1.807, 2.05) is 13.8 Å². The molecule has 1 aromatic carbocycles. The van der Waals surface area contributed by atoms with E-state index in [0.717, 1.165) is 0 Å². The summed E-state index contributed by atoms with van der Waals surface area (Å²) in [5.41, 5.74) is 12.1. The number of rotatable bonds is 22. The first kappa shape index (κ1) is 44.8. The molecule has 6 atom stereocenters. The van der Waals surface area contributed by atoms with E-state index in [9.17, 15) is 53.7 Å². The molecule has 0 fully saturated rings. The van der Waals surface area contributed by atoms with Gasteiger partial charge in [0.1, 0.15) is 36.0 Å². The Morgan fingerprint density at radius 1 is 0.615 bits per heavy atom. The number of hydrogen-bond acceptors (Lipinski definition) is 10. The van der Waals surface area contributed by atoms with Gasteiger partial charge in [-0.3, -0.25) is 33.6 Å². The molecule has 0 aromatic heterocycles. The predicted octanol–water partition coefficient (Wildman–Crippen LogP) is -1.13. The van der Waals surface area contributed by atoms with E-state index in [1.54, 1.807) is 39.8 Å². The summed E-state index contributed by atoms with van der Waals surface area (Å²) < 4.78 is 0. The van der Waals surface area contributed by atoms with Gasteiger partial charge >= 0.3 is 11.9 Å². The number of amides is 6. The third-order valence-electron chi connectivity index (χ3n) is 7.69. The van der Waals surface area contributed by atoms with Crippen LogP contribution in [0.1, 0.15) is 72.8 Å². The molecule has 0 bridgehead atoms. The molecule has 0 aliphatic carbocycles. The van der Waals surface area contributed by atoms with Gasteiger partial charge in [-0.05, 0) is 54.7 Å². The minimum Gasteiger partial charge on any atom is -0.508 e. The first-order valence-electron chi connectivity index (χ1n) is 16.9. The minimum absolute atomic E-state index is 0.00575. The molecule has 18 heteroatoms. The van der Waals surface area contributed by atoms with Crippen LogP contribution in [0.4, 0.5) is 0 Å². The van der Waals surface area contributed by atoms with Crippen LogP contribution in [-0.4, -0.2) is 99.0 Å². The van der Waals surface area contributed by atoms with Gasteiger partial charge in [-0.1, -0.05) is 53.7 Å². The molecule has 0 saturated heterocycles. The number of phenolic OH excluding ortho intramolecular Hbond substituents is 1. The van der Waals surface area contributed by atoms with Crippen LogP contribution >= 0.6 is 0 Å². The maximum atomic E-state index is 13.5. The van der Waals surface area contributed by atoms with Crippen molar-refractivity contribution >= 4 is 47.4 Å². The fourth-order valence-electron chi connectivity index (χ4n) is 5.04. The van der Waals surface area contributed by atoms with Gasteiger partial charge in [-0.2, -0.15) is 0 Å². The van der Waals surface area contributed by atoms with Crippen LogP contribution in [0, 0.1) is 17.8 Å². The Bertz CT molecular complexity index is 1430. The molecule has 1 aromatic rings. The molecule has 0 radical (unpaired) electrons. The summed E-state index contributed by atoms with van der Waals surface area (Å²) in [6, 6.07) is -2.34. The molecule has 0 saturated carbocycles. The fourth-order valence-corrected chi connectivity index (χ4v) is 5.04. The molecule has 1 rings (SSSR count). The molecule has 0 heterocycles. The third kappa shape index (κ3) is 16.2. The van der Waals surface area contributed by atoms with Gasteiger partial charge in [-0.15, -0.1) is 0 Å². The third-order valence-corrected chi connectivity index (χ3v) is 7.69. The Morgan fingerprint density at radius 3 is 1.52 bits per heavy atom. The average molecular weight is 736 g/mol. The highest BCUT2D eigenvalue weighted by Crippen LogP contribution is 2.13. The average Bonchev–Trinajstić information content (AvgIpc) is 3.01. The number of carboxylic acids is 2. The summed E-state index contributed by atoms with van der Waals surface area (Å²) in [5.74, 6) is -9.38. The summed E-state index contributed by atoms with van der Waals surface area (Å²) in [6.07, 6.45) is -1.47. The zero-order chi connectivity index (χ0) is 39.9. The van der Waals surface area contributed by atoms with Crippen molar-refractivity contribution in [2.75, 3.05) is 0 Å². The lowest BCUT2D eigenvalue weighted by Crippen LogP contribution is -2.61. The SMILES string of the molecule is CC(C)C[C@H](NC(=O)[C@H](CC(=O)O)NC(=O)[C@H](CC(N)=O)NC(=O)[C@@H](NC(=O)[C@H](CC(C)C)NC(=O)[C@@H](N)Cc1ccc(O)cc1)C(C)C)C(=O)O.